The Morgan fingerprint density at radius 2 is 1.87 bits per heavy atom. The van der Waals surface area contributed by atoms with Gasteiger partial charge in [0.05, 0.1) is 12.1 Å². The molecule has 0 saturated heterocycles. The summed E-state index contributed by atoms with van der Waals surface area (Å²) in [5.74, 6) is -2.73. The van der Waals surface area contributed by atoms with Gasteiger partial charge < -0.3 is 15.0 Å². The van der Waals surface area contributed by atoms with Crippen LogP contribution in [0.5, 0.6) is 5.75 Å². The number of carbonyl (C=O) groups is 1. The Labute approximate surface area is 179 Å². The summed E-state index contributed by atoms with van der Waals surface area (Å²) in [5, 5.41) is 12.8. The Hall–Kier alpha value is -2.81. The van der Waals surface area contributed by atoms with Gasteiger partial charge in [0.25, 0.3) is 5.91 Å². The molecule has 30 heavy (non-hydrogen) atoms. The van der Waals surface area contributed by atoms with E-state index in [0.717, 1.165) is 10.4 Å². The number of phenolic OH excluding ortho intramolecular Hbond substituents is 1. The number of fused-ring (bicyclic) bond motifs is 6. The van der Waals surface area contributed by atoms with Crippen LogP contribution in [0.2, 0.25) is 5.02 Å². The molecular formula is C21H15ClF2N2O3S. The third-order valence-electron chi connectivity index (χ3n) is 4.85. The van der Waals surface area contributed by atoms with Crippen LogP contribution in [0, 0.1) is 11.6 Å². The number of nitrogens with one attached hydrogen (secondary N) is 1. The van der Waals surface area contributed by atoms with Crippen molar-refractivity contribution in [2.24, 2.45) is 0 Å². The fourth-order valence-corrected chi connectivity index (χ4v) is 4.67. The Morgan fingerprint density at radius 3 is 2.63 bits per heavy atom. The van der Waals surface area contributed by atoms with Crippen LogP contribution >= 0.6 is 11.6 Å². The van der Waals surface area contributed by atoms with Gasteiger partial charge in [0, 0.05) is 29.8 Å². The second kappa shape index (κ2) is 7.79. The zero-order valence-corrected chi connectivity index (χ0v) is 17.2. The van der Waals surface area contributed by atoms with Crippen molar-refractivity contribution in [2.45, 2.75) is 11.4 Å². The Bertz CT molecular complexity index is 1180. The van der Waals surface area contributed by atoms with Gasteiger partial charge in [-0.05, 0) is 23.3 Å². The third kappa shape index (κ3) is 3.47. The molecule has 154 valence electrons. The van der Waals surface area contributed by atoms with E-state index in [9.17, 15) is 23.2 Å². The highest BCUT2D eigenvalue weighted by Crippen LogP contribution is 2.38. The summed E-state index contributed by atoms with van der Waals surface area (Å²) in [6.45, 7) is 0.0634. The van der Waals surface area contributed by atoms with Gasteiger partial charge in [0.15, 0.2) is 11.6 Å². The zero-order chi connectivity index (χ0) is 21.6. The number of aromatic hydroxyl groups is 1. The fourth-order valence-electron chi connectivity index (χ4n) is 3.27. The first-order valence-corrected chi connectivity index (χ1v) is 10.3. The van der Waals surface area contributed by atoms with Crippen LogP contribution in [0.15, 0.2) is 53.4 Å². The monoisotopic (exact) mass is 448 g/mol. The fraction of sp³-hybridized carbons (Fsp3) is 0.0952. The molecule has 1 aliphatic rings. The SMILES string of the molecule is CN1c2cc(c(F)cc2F)-c2ccccc2CNC(=O)c2cc(Cl)c(O)c(c2)[S+]1[O-]. The van der Waals surface area contributed by atoms with Crippen molar-refractivity contribution < 1.29 is 23.2 Å². The molecule has 4 rings (SSSR count). The van der Waals surface area contributed by atoms with E-state index < -0.39 is 34.7 Å². The lowest BCUT2D eigenvalue weighted by molar-refractivity contribution is 0.0950. The quantitative estimate of drug-likeness (QED) is 0.500. The largest absolute Gasteiger partial charge is 0.588 e. The molecule has 5 nitrogen and oxygen atoms in total. The van der Waals surface area contributed by atoms with Gasteiger partial charge in [-0.2, -0.15) is 4.31 Å². The van der Waals surface area contributed by atoms with Crippen LogP contribution in [-0.2, 0) is 17.9 Å². The highest BCUT2D eigenvalue weighted by atomic mass is 35.5. The number of hydrogen-bond acceptors (Lipinski definition) is 4. The predicted octanol–water partition coefficient (Wildman–Crippen LogP) is 4.39. The lowest BCUT2D eigenvalue weighted by Gasteiger charge is -2.23. The number of anilines is 1. The number of halogens is 3. The van der Waals surface area contributed by atoms with Crippen molar-refractivity contribution in [1.82, 2.24) is 5.32 Å². The lowest BCUT2D eigenvalue weighted by Crippen LogP contribution is -2.28. The Morgan fingerprint density at radius 1 is 1.13 bits per heavy atom. The highest BCUT2D eigenvalue weighted by Gasteiger charge is 2.30. The van der Waals surface area contributed by atoms with Crippen molar-refractivity contribution in [3.05, 3.63) is 76.3 Å². The number of carbonyl (C=O) groups excluding carboxylic acids is 1. The molecule has 3 aromatic rings. The summed E-state index contributed by atoms with van der Waals surface area (Å²) in [7, 11) is 1.34. The summed E-state index contributed by atoms with van der Waals surface area (Å²) < 4.78 is 43.4. The minimum atomic E-state index is -2.14. The number of phenols is 1. The van der Waals surface area contributed by atoms with Gasteiger partial charge in [-0.1, -0.05) is 35.9 Å². The molecule has 4 bridgehead atoms. The maximum atomic E-state index is 14.7. The van der Waals surface area contributed by atoms with E-state index >= 15 is 0 Å². The highest BCUT2D eigenvalue weighted by molar-refractivity contribution is 7.92. The standard InChI is InChI=1S/C21H15ClF2N2O3S/c1-26-18-8-14(16(23)9-17(18)24)13-5-3-2-4-11(13)10-25-21(28)12-6-15(22)20(27)19(7-12)30(26)29/h2-9,27H,10H2,1H3,(H,25,28). The second-order valence-corrected chi connectivity index (χ2v) is 8.57. The van der Waals surface area contributed by atoms with E-state index in [4.69, 9.17) is 11.6 Å². The van der Waals surface area contributed by atoms with Gasteiger partial charge in [0.2, 0.25) is 4.90 Å². The van der Waals surface area contributed by atoms with E-state index in [2.05, 4.69) is 5.32 Å². The van der Waals surface area contributed by atoms with Crippen molar-refractivity contribution in [1.29, 1.82) is 0 Å². The van der Waals surface area contributed by atoms with Crippen molar-refractivity contribution in [2.75, 3.05) is 11.4 Å². The van der Waals surface area contributed by atoms with E-state index in [-0.39, 0.29) is 33.3 Å². The average molecular weight is 449 g/mol. The molecular weight excluding hydrogens is 434 g/mol. The Balaban J connectivity index is 1.99. The number of rotatable bonds is 0. The first-order chi connectivity index (χ1) is 14.3. The normalized spacial score (nSPS) is 16.1. The van der Waals surface area contributed by atoms with E-state index in [1.165, 1.54) is 25.2 Å². The average Bonchev–Trinajstić information content (AvgIpc) is 2.73. The molecule has 2 N–H and O–H groups in total. The van der Waals surface area contributed by atoms with Crippen LogP contribution in [0.3, 0.4) is 0 Å². The van der Waals surface area contributed by atoms with Crippen LogP contribution in [-0.4, -0.2) is 22.6 Å². The zero-order valence-electron chi connectivity index (χ0n) is 15.6. The van der Waals surface area contributed by atoms with Crippen LogP contribution in [0.25, 0.3) is 11.1 Å². The number of hydrogen-bond donors (Lipinski definition) is 2. The third-order valence-corrected chi connectivity index (χ3v) is 6.52. The van der Waals surface area contributed by atoms with Gasteiger partial charge in [-0.25, -0.2) is 8.78 Å². The molecule has 3 aromatic carbocycles. The number of benzene rings is 3. The molecule has 1 atom stereocenters. The molecule has 1 heterocycles. The smallest absolute Gasteiger partial charge is 0.251 e. The molecule has 0 radical (unpaired) electrons. The topological polar surface area (TPSA) is 75.6 Å². The first kappa shape index (κ1) is 20.5. The number of nitrogens with zero attached hydrogens (tertiary/aromatic N) is 1. The van der Waals surface area contributed by atoms with Gasteiger partial charge in [-0.3, -0.25) is 4.79 Å². The van der Waals surface area contributed by atoms with Crippen LogP contribution < -0.4 is 9.62 Å². The van der Waals surface area contributed by atoms with Gasteiger partial charge in [-0.15, -0.1) is 0 Å². The van der Waals surface area contributed by atoms with Crippen LogP contribution in [0.4, 0.5) is 14.5 Å². The lowest BCUT2D eigenvalue weighted by atomic mass is 9.98. The maximum absolute atomic E-state index is 14.7. The first-order valence-electron chi connectivity index (χ1n) is 8.81. The second-order valence-electron chi connectivity index (χ2n) is 6.67. The molecule has 0 aromatic heterocycles. The molecule has 1 unspecified atom stereocenters. The molecule has 0 fully saturated rings. The molecule has 1 amide bonds. The van der Waals surface area contributed by atoms with Crippen molar-refractivity contribution >= 4 is 34.6 Å². The van der Waals surface area contributed by atoms with Crippen LogP contribution in [0.1, 0.15) is 15.9 Å². The van der Waals surface area contributed by atoms with Gasteiger partial charge >= 0.3 is 0 Å². The minimum Gasteiger partial charge on any atom is -0.588 e. The van der Waals surface area contributed by atoms with E-state index in [0.29, 0.717) is 11.1 Å². The molecule has 9 heteroatoms. The Kier molecular flexibility index (Phi) is 5.31. The summed E-state index contributed by atoms with van der Waals surface area (Å²) in [5.41, 5.74) is 1.09. The molecule has 0 aliphatic carbocycles. The minimum absolute atomic E-state index is 0.0634. The number of amides is 1. The van der Waals surface area contributed by atoms with E-state index in [1.807, 2.05) is 0 Å². The predicted molar refractivity (Wildman–Crippen MR) is 111 cm³/mol. The summed E-state index contributed by atoms with van der Waals surface area (Å²) >= 11 is 3.89. The maximum Gasteiger partial charge on any atom is 0.251 e. The summed E-state index contributed by atoms with van der Waals surface area (Å²) in [4.78, 5) is 12.5. The summed E-state index contributed by atoms with van der Waals surface area (Å²) in [6.07, 6.45) is 0. The van der Waals surface area contributed by atoms with Crippen molar-refractivity contribution in [3.8, 4) is 16.9 Å². The molecule has 0 spiro atoms. The molecule has 0 saturated carbocycles. The van der Waals surface area contributed by atoms with E-state index in [1.54, 1.807) is 24.3 Å². The summed E-state index contributed by atoms with van der Waals surface area (Å²) in [6, 6.07) is 11.3. The molecule has 1 aliphatic heterocycles. The van der Waals surface area contributed by atoms with Crippen molar-refractivity contribution in [3.63, 3.8) is 0 Å². The van der Waals surface area contributed by atoms with Gasteiger partial charge in [0.1, 0.15) is 22.9 Å².